The minimum absolute atomic E-state index is 0.329. The molecule has 106 valence electrons. The Bertz CT molecular complexity index is 538. The van der Waals surface area contributed by atoms with E-state index in [0.717, 1.165) is 17.5 Å². The van der Waals surface area contributed by atoms with Crippen LogP contribution >= 0.6 is 11.8 Å². The summed E-state index contributed by atoms with van der Waals surface area (Å²) in [5.74, 6) is 0.935. The minimum Gasteiger partial charge on any atom is -0.309 e. The van der Waals surface area contributed by atoms with Crippen LogP contribution < -0.4 is 5.32 Å². The van der Waals surface area contributed by atoms with Crippen LogP contribution in [0.3, 0.4) is 0 Å². The number of aromatic nitrogens is 4. The first kappa shape index (κ1) is 13.6. The van der Waals surface area contributed by atoms with Gasteiger partial charge in [0.2, 0.25) is 5.16 Å². The van der Waals surface area contributed by atoms with Gasteiger partial charge in [-0.3, -0.25) is 0 Å². The number of rotatable bonds is 7. The molecule has 0 amide bonds. The van der Waals surface area contributed by atoms with E-state index in [1.54, 1.807) is 11.8 Å². The average molecular weight is 289 g/mol. The summed E-state index contributed by atoms with van der Waals surface area (Å²) in [4.78, 5) is 0. The number of hydrogen-bond acceptors (Lipinski definition) is 5. The summed E-state index contributed by atoms with van der Waals surface area (Å²) in [5.41, 5.74) is 1.31. The summed E-state index contributed by atoms with van der Waals surface area (Å²) < 4.78 is 1.97. The fraction of sp³-hybridized carbons (Fsp3) is 0.500. The second-order valence-corrected chi connectivity index (χ2v) is 5.96. The smallest absolute Gasteiger partial charge is 0.209 e. The molecule has 1 aliphatic carbocycles. The van der Waals surface area contributed by atoms with E-state index in [0.29, 0.717) is 12.1 Å². The molecule has 1 aliphatic rings. The van der Waals surface area contributed by atoms with Gasteiger partial charge in [0.25, 0.3) is 0 Å². The van der Waals surface area contributed by atoms with Gasteiger partial charge in [-0.25, -0.2) is 4.68 Å². The highest BCUT2D eigenvalue weighted by molar-refractivity contribution is 7.99. The molecule has 5 nitrogen and oxygen atoms in total. The molecule has 0 bridgehead atoms. The summed E-state index contributed by atoms with van der Waals surface area (Å²) in [7, 11) is 0. The number of tetrazole rings is 1. The predicted octanol–water partition coefficient (Wildman–Crippen LogP) is 2.45. The van der Waals surface area contributed by atoms with Crippen LogP contribution in [-0.2, 0) is 0 Å². The zero-order valence-electron chi connectivity index (χ0n) is 11.6. The molecule has 1 unspecified atom stereocenters. The summed E-state index contributed by atoms with van der Waals surface area (Å²) in [6, 6.07) is 11.4. The first-order chi connectivity index (χ1) is 9.88. The second-order valence-electron chi connectivity index (χ2n) is 4.97. The number of nitrogens with zero attached hydrogens (tertiary/aromatic N) is 4. The van der Waals surface area contributed by atoms with E-state index in [4.69, 9.17) is 0 Å². The zero-order valence-corrected chi connectivity index (χ0v) is 12.4. The molecule has 1 saturated carbocycles. The Morgan fingerprint density at radius 3 is 2.85 bits per heavy atom. The molecular formula is C14H19N5S. The van der Waals surface area contributed by atoms with Crippen molar-refractivity contribution >= 4 is 11.8 Å². The van der Waals surface area contributed by atoms with E-state index in [-0.39, 0.29) is 0 Å². The lowest BCUT2D eigenvalue weighted by atomic mass is 10.1. The molecule has 2 aromatic rings. The van der Waals surface area contributed by atoms with Crippen molar-refractivity contribution in [3.63, 3.8) is 0 Å². The van der Waals surface area contributed by atoms with E-state index < -0.39 is 0 Å². The highest BCUT2D eigenvalue weighted by Gasteiger charge is 2.28. The van der Waals surface area contributed by atoms with Gasteiger partial charge in [-0.2, -0.15) is 0 Å². The van der Waals surface area contributed by atoms with E-state index in [1.165, 1.54) is 18.4 Å². The van der Waals surface area contributed by atoms with Crippen molar-refractivity contribution < 1.29 is 0 Å². The van der Waals surface area contributed by atoms with Crippen LogP contribution in [0.25, 0.3) is 0 Å². The quantitative estimate of drug-likeness (QED) is 0.793. The minimum atomic E-state index is 0.329. The summed E-state index contributed by atoms with van der Waals surface area (Å²) in [5, 5.41) is 16.5. The molecule has 1 atom stereocenters. The predicted molar refractivity (Wildman–Crippen MR) is 79.7 cm³/mol. The molecule has 1 fully saturated rings. The van der Waals surface area contributed by atoms with Crippen molar-refractivity contribution in [2.24, 2.45) is 0 Å². The third-order valence-electron chi connectivity index (χ3n) is 3.39. The van der Waals surface area contributed by atoms with Gasteiger partial charge >= 0.3 is 0 Å². The molecule has 20 heavy (non-hydrogen) atoms. The van der Waals surface area contributed by atoms with Gasteiger partial charge < -0.3 is 5.32 Å². The molecule has 0 saturated heterocycles. The molecular weight excluding hydrogens is 270 g/mol. The highest BCUT2D eigenvalue weighted by Crippen LogP contribution is 2.36. The molecule has 0 radical (unpaired) electrons. The van der Waals surface area contributed by atoms with Gasteiger partial charge in [0, 0.05) is 11.8 Å². The first-order valence-corrected chi connectivity index (χ1v) is 8.06. The lowest BCUT2D eigenvalue weighted by Crippen LogP contribution is -2.23. The van der Waals surface area contributed by atoms with Crippen molar-refractivity contribution in [1.29, 1.82) is 0 Å². The number of nitrogens with one attached hydrogen (secondary N) is 1. The Kier molecular flexibility index (Phi) is 4.32. The van der Waals surface area contributed by atoms with Gasteiger partial charge in [0.1, 0.15) is 0 Å². The second kappa shape index (κ2) is 6.37. The molecule has 1 aromatic heterocycles. The monoisotopic (exact) mass is 289 g/mol. The molecule has 6 heteroatoms. The fourth-order valence-electron chi connectivity index (χ4n) is 2.19. The maximum absolute atomic E-state index is 4.14. The van der Waals surface area contributed by atoms with Gasteiger partial charge in [-0.05, 0) is 35.4 Å². The molecule has 0 aliphatic heterocycles. The van der Waals surface area contributed by atoms with Crippen molar-refractivity contribution in [2.45, 2.75) is 37.0 Å². The Morgan fingerprint density at radius 2 is 2.15 bits per heavy atom. The molecule has 3 rings (SSSR count). The van der Waals surface area contributed by atoms with Crippen molar-refractivity contribution in [1.82, 2.24) is 25.5 Å². The largest absolute Gasteiger partial charge is 0.309 e. The first-order valence-electron chi connectivity index (χ1n) is 7.07. The normalized spacial score (nSPS) is 16.2. The Labute approximate surface area is 123 Å². The van der Waals surface area contributed by atoms with Crippen LogP contribution in [-0.4, -0.2) is 32.5 Å². The van der Waals surface area contributed by atoms with Crippen LogP contribution in [0.1, 0.15) is 37.4 Å². The van der Waals surface area contributed by atoms with Crippen LogP contribution in [0.15, 0.2) is 35.5 Å². The molecule has 1 N–H and O–H groups in total. The van der Waals surface area contributed by atoms with Crippen molar-refractivity contribution in [3.8, 4) is 0 Å². The Morgan fingerprint density at radius 1 is 1.35 bits per heavy atom. The zero-order chi connectivity index (χ0) is 13.8. The van der Waals surface area contributed by atoms with Gasteiger partial charge in [-0.1, -0.05) is 49.0 Å². The number of benzene rings is 1. The number of thioether (sulfide) groups is 1. The summed E-state index contributed by atoms with van der Waals surface area (Å²) in [6.07, 6.45) is 2.40. The maximum atomic E-state index is 4.14. The number of hydrogen-bond donors (Lipinski definition) is 1. The SMILES string of the molecule is CCNC(CSc1nnnn1C1CC1)c1ccccc1. The average Bonchev–Trinajstić information content (AvgIpc) is 3.23. The van der Waals surface area contributed by atoms with Crippen LogP contribution in [0.5, 0.6) is 0 Å². The summed E-state index contributed by atoms with van der Waals surface area (Å²) in [6.45, 7) is 3.09. The topological polar surface area (TPSA) is 55.6 Å². The van der Waals surface area contributed by atoms with Crippen LogP contribution in [0.4, 0.5) is 0 Å². The van der Waals surface area contributed by atoms with E-state index in [9.17, 15) is 0 Å². The Hall–Kier alpha value is -1.40. The van der Waals surface area contributed by atoms with Crippen LogP contribution in [0.2, 0.25) is 0 Å². The van der Waals surface area contributed by atoms with Crippen molar-refractivity contribution in [3.05, 3.63) is 35.9 Å². The van der Waals surface area contributed by atoms with E-state index >= 15 is 0 Å². The fourth-order valence-corrected chi connectivity index (χ4v) is 3.23. The van der Waals surface area contributed by atoms with Gasteiger partial charge in [0.05, 0.1) is 6.04 Å². The lowest BCUT2D eigenvalue weighted by molar-refractivity contribution is 0.562. The van der Waals surface area contributed by atoms with Crippen LogP contribution in [0, 0.1) is 0 Å². The third kappa shape index (κ3) is 3.19. The van der Waals surface area contributed by atoms with Crippen molar-refractivity contribution in [2.75, 3.05) is 12.3 Å². The summed E-state index contributed by atoms with van der Waals surface area (Å²) >= 11 is 1.73. The molecule has 1 aromatic carbocycles. The standard InChI is InChI=1S/C14H19N5S/c1-2-15-13(11-6-4-3-5-7-11)10-20-14-16-17-18-19(14)12-8-9-12/h3-7,12-13,15H,2,8-10H2,1H3. The highest BCUT2D eigenvalue weighted by atomic mass is 32.2. The van der Waals surface area contributed by atoms with Gasteiger partial charge in [0.15, 0.2) is 0 Å². The Balaban J connectivity index is 1.66. The molecule has 0 spiro atoms. The van der Waals surface area contributed by atoms with E-state index in [1.807, 2.05) is 10.7 Å². The van der Waals surface area contributed by atoms with Gasteiger partial charge in [-0.15, -0.1) is 5.10 Å². The van der Waals surface area contributed by atoms with E-state index in [2.05, 4.69) is 52.0 Å². The molecule has 1 heterocycles. The maximum Gasteiger partial charge on any atom is 0.209 e. The lowest BCUT2D eigenvalue weighted by Gasteiger charge is -2.17. The third-order valence-corrected chi connectivity index (χ3v) is 4.41.